The lowest BCUT2D eigenvalue weighted by molar-refractivity contribution is -0.118. The predicted octanol–water partition coefficient (Wildman–Crippen LogP) is 5.88. The molecule has 1 unspecified atom stereocenters. The Bertz CT molecular complexity index is 827. The summed E-state index contributed by atoms with van der Waals surface area (Å²) in [5.41, 5.74) is 2.58. The van der Waals surface area contributed by atoms with Gasteiger partial charge in [0.15, 0.2) is 0 Å². The first-order valence-electron chi connectivity index (χ1n) is 9.61. The minimum absolute atomic E-state index is 0.000938. The third-order valence-electron chi connectivity index (χ3n) is 4.15. The number of para-hydroxylation sites is 1. The van der Waals surface area contributed by atoms with Gasteiger partial charge in [0.1, 0.15) is 0 Å². The van der Waals surface area contributed by atoms with Crippen LogP contribution in [0.5, 0.6) is 0 Å². The van der Waals surface area contributed by atoms with E-state index >= 15 is 0 Å². The highest BCUT2D eigenvalue weighted by Gasteiger charge is 2.19. The van der Waals surface area contributed by atoms with Gasteiger partial charge in [-0.15, -0.1) is 11.8 Å². The molecule has 150 valence electrons. The molecule has 4 nitrogen and oxygen atoms in total. The summed E-state index contributed by atoms with van der Waals surface area (Å²) in [5, 5.41) is 5.77. The minimum Gasteiger partial charge on any atom is -0.326 e. The zero-order valence-corrected chi connectivity index (χ0v) is 18.2. The second-order valence-corrected chi connectivity index (χ2v) is 9.41. The van der Waals surface area contributed by atoms with Gasteiger partial charge in [-0.1, -0.05) is 52.0 Å². The largest absolute Gasteiger partial charge is 0.326 e. The van der Waals surface area contributed by atoms with E-state index in [4.69, 9.17) is 0 Å². The highest BCUT2D eigenvalue weighted by molar-refractivity contribution is 8.00. The van der Waals surface area contributed by atoms with Crippen LogP contribution in [0.4, 0.5) is 11.4 Å². The van der Waals surface area contributed by atoms with Gasteiger partial charge < -0.3 is 10.6 Å². The quantitative estimate of drug-likeness (QED) is 0.573. The zero-order chi connectivity index (χ0) is 20.7. The average Bonchev–Trinajstić information content (AvgIpc) is 2.60. The maximum Gasteiger partial charge on any atom is 0.237 e. The fraction of sp³-hybridized carbons (Fsp3) is 0.391. The molecule has 0 radical (unpaired) electrons. The summed E-state index contributed by atoms with van der Waals surface area (Å²) in [6.07, 6.45) is 1.17. The molecule has 0 spiro atoms. The van der Waals surface area contributed by atoms with Crippen molar-refractivity contribution in [3.63, 3.8) is 0 Å². The van der Waals surface area contributed by atoms with E-state index < -0.39 is 0 Å². The number of carbonyl (C=O) groups excluding carboxylic acids is 2. The predicted molar refractivity (Wildman–Crippen MR) is 119 cm³/mol. The Morgan fingerprint density at radius 3 is 2.39 bits per heavy atom. The van der Waals surface area contributed by atoms with Gasteiger partial charge in [0.2, 0.25) is 11.8 Å². The van der Waals surface area contributed by atoms with E-state index in [1.807, 2.05) is 83.1 Å². The molecule has 0 aromatic heterocycles. The summed E-state index contributed by atoms with van der Waals surface area (Å²) in [6.45, 7) is 10.1. The number of amides is 2. The summed E-state index contributed by atoms with van der Waals surface area (Å²) < 4.78 is 0. The second-order valence-electron chi connectivity index (χ2n) is 8.13. The lowest BCUT2D eigenvalue weighted by Gasteiger charge is -2.18. The Morgan fingerprint density at radius 2 is 1.75 bits per heavy atom. The normalized spacial score (nSPS) is 12.3. The molecule has 2 amide bonds. The Balaban J connectivity index is 2.03. The molecule has 2 aromatic rings. The molecular formula is C23H30N2O2S. The van der Waals surface area contributed by atoms with Crippen LogP contribution in [0.3, 0.4) is 0 Å². The number of nitrogens with one attached hydrogen (secondary N) is 2. The lowest BCUT2D eigenvalue weighted by Crippen LogP contribution is -2.25. The van der Waals surface area contributed by atoms with Crippen molar-refractivity contribution >= 4 is 35.0 Å². The fourth-order valence-corrected chi connectivity index (χ4v) is 3.76. The summed E-state index contributed by atoms with van der Waals surface area (Å²) in [5.74, 6) is -0.0111. The van der Waals surface area contributed by atoms with E-state index in [-0.39, 0.29) is 22.5 Å². The summed E-state index contributed by atoms with van der Waals surface area (Å²) >= 11 is 1.51. The number of hydrogen-bond acceptors (Lipinski definition) is 3. The molecular weight excluding hydrogens is 368 g/mol. The Hall–Kier alpha value is -2.27. The average molecular weight is 399 g/mol. The van der Waals surface area contributed by atoms with Crippen LogP contribution < -0.4 is 10.6 Å². The van der Waals surface area contributed by atoms with Crippen LogP contribution in [0.2, 0.25) is 0 Å². The van der Waals surface area contributed by atoms with Gasteiger partial charge in [0.25, 0.3) is 0 Å². The van der Waals surface area contributed by atoms with Crippen molar-refractivity contribution < 1.29 is 9.59 Å². The van der Waals surface area contributed by atoms with Gasteiger partial charge in [-0.25, -0.2) is 0 Å². The van der Waals surface area contributed by atoms with Crippen LogP contribution in [0, 0.1) is 12.3 Å². The molecule has 2 N–H and O–H groups in total. The maximum absolute atomic E-state index is 12.7. The number of thioether (sulfide) groups is 1. The minimum atomic E-state index is -0.208. The van der Waals surface area contributed by atoms with Crippen molar-refractivity contribution in [2.75, 3.05) is 10.6 Å². The second kappa shape index (κ2) is 9.78. The number of aryl methyl sites for hydroxylation is 1. The molecule has 0 bridgehead atoms. The van der Waals surface area contributed by atoms with Crippen molar-refractivity contribution in [3.8, 4) is 0 Å². The third-order valence-corrected chi connectivity index (χ3v) is 5.51. The van der Waals surface area contributed by atoms with E-state index in [0.29, 0.717) is 12.8 Å². The van der Waals surface area contributed by atoms with Gasteiger partial charge >= 0.3 is 0 Å². The monoisotopic (exact) mass is 398 g/mol. The van der Waals surface area contributed by atoms with Crippen LogP contribution >= 0.6 is 11.8 Å². The molecule has 1 atom stereocenters. The Kier molecular flexibility index (Phi) is 7.69. The van der Waals surface area contributed by atoms with Crippen LogP contribution in [-0.2, 0) is 9.59 Å². The Morgan fingerprint density at radius 1 is 1.04 bits per heavy atom. The zero-order valence-electron chi connectivity index (χ0n) is 17.3. The molecule has 0 fully saturated rings. The van der Waals surface area contributed by atoms with Gasteiger partial charge in [-0.3, -0.25) is 9.59 Å². The number of rotatable bonds is 7. The standard InChI is InChI=1S/C23H30N2O2S/c1-6-20(22(27)25-19-13-8-7-10-16(19)2)28-18-12-9-11-17(14-18)24-21(26)15-23(3,4)5/h7-14,20H,6,15H2,1-5H3,(H,24,26)(H,25,27). The molecule has 0 aliphatic heterocycles. The number of hydrogen-bond donors (Lipinski definition) is 2. The van der Waals surface area contributed by atoms with Crippen molar-refractivity contribution in [2.24, 2.45) is 5.41 Å². The smallest absolute Gasteiger partial charge is 0.237 e. The molecule has 0 heterocycles. The van der Waals surface area contributed by atoms with Crippen LogP contribution in [-0.4, -0.2) is 17.1 Å². The van der Waals surface area contributed by atoms with Gasteiger partial charge in [0, 0.05) is 22.7 Å². The summed E-state index contributed by atoms with van der Waals surface area (Å²) in [6, 6.07) is 15.4. The first-order chi connectivity index (χ1) is 13.2. The van der Waals surface area contributed by atoms with Crippen LogP contribution in [0.15, 0.2) is 53.4 Å². The molecule has 2 aromatic carbocycles. The first-order valence-corrected chi connectivity index (χ1v) is 10.5. The molecule has 5 heteroatoms. The van der Waals surface area contributed by atoms with E-state index in [1.165, 1.54) is 11.8 Å². The number of carbonyl (C=O) groups is 2. The van der Waals surface area contributed by atoms with Crippen LogP contribution in [0.1, 0.15) is 46.1 Å². The maximum atomic E-state index is 12.7. The lowest BCUT2D eigenvalue weighted by atomic mass is 9.92. The van der Waals surface area contributed by atoms with E-state index in [9.17, 15) is 9.59 Å². The van der Waals surface area contributed by atoms with Crippen LogP contribution in [0.25, 0.3) is 0 Å². The highest BCUT2D eigenvalue weighted by Crippen LogP contribution is 2.29. The topological polar surface area (TPSA) is 58.2 Å². The number of anilines is 2. The van der Waals surface area contributed by atoms with Gasteiger partial charge in [-0.05, 0) is 48.6 Å². The molecule has 2 rings (SSSR count). The number of benzene rings is 2. The summed E-state index contributed by atoms with van der Waals surface area (Å²) in [7, 11) is 0. The van der Waals surface area contributed by atoms with Crippen molar-refractivity contribution in [1.82, 2.24) is 0 Å². The fourth-order valence-electron chi connectivity index (χ4n) is 2.75. The third kappa shape index (κ3) is 7.04. The molecule has 0 saturated heterocycles. The van der Waals surface area contributed by atoms with Gasteiger partial charge in [-0.2, -0.15) is 0 Å². The van der Waals surface area contributed by atoms with Crippen molar-refractivity contribution in [2.45, 2.75) is 57.6 Å². The highest BCUT2D eigenvalue weighted by atomic mass is 32.2. The first kappa shape index (κ1) is 22.0. The summed E-state index contributed by atoms with van der Waals surface area (Å²) in [4.78, 5) is 25.9. The van der Waals surface area contributed by atoms with Crippen molar-refractivity contribution in [1.29, 1.82) is 0 Å². The van der Waals surface area contributed by atoms with E-state index in [2.05, 4.69) is 10.6 Å². The van der Waals surface area contributed by atoms with Crippen molar-refractivity contribution in [3.05, 3.63) is 54.1 Å². The van der Waals surface area contributed by atoms with Gasteiger partial charge in [0.05, 0.1) is 5.25 Å². The van der Waals surface area contributed by atoms with E-state index in [0.717, 1.165) is 21.8 Å². The molecule has 28 heavy (non-hydrogen) atoms. The Labute approximate surface area is 172 Å². The molecule has 0 saturated carbocycles. The SMILES string of the molecule is CCC(Sc1cccc(NC(=O)CC(C)(C)C)c1)C(=O)Nc1ccccc1C. The van der Waals surface area contributed by atoms with E-state index in [1.54, 1.807) is 0 Å². The molecule has 0 aliphatic carbocycles. The molecule has 0 aliphatic rings.